The zero-order valence-corrected chi connectivity index (χ0v) is 10.5. The van der Waals surface area contributed by atoms with Crippen molar-refractivity contribution in [2.24, 2.45) is 5.73 Å². The number of nitrogens with two attached hydrogens (primary N) is 2. The summed E-state index contributed by atoms with van der Waals surface area (Å²) in [5.41, 5.74) is 12.9. The first kappa shape index (κ1) is 12.7. The molecule has 0 bridgehead atoms. The molecule has 1 amide bonds. The van der Waals surface area contributed by atoms with Crippen molar-refractivity contribution in [2.45, 2.75) is 31.4 Å². The second kappa shape index (κ2) is 5.27. The summed E-state index contributed by atoms with van der Waals surface area (Å²) in [4.78, 5) is 11.3. The summed E-state index contributed by atoms with van der Waals surface area (Å²) in [6.07, 6.45) is 3.28. The van der Waals surface area contributed by atoms with Crippen LogP contribution in [0.1, 0.15) is 29.6 Å². The smallest absolute Gasteiger partial charge is 0.250 e. The number of hydrogen-bond donors (Lipinski definition) is 3. The zero-order valence-electron chi connectivity index (χ0n) is 10.5. The van der Waals surface area contributed by atoms with E-state index in [1.54, 1.807) is 25.3 Å². The number of nitrogen functional groups attached to an aromatic ring is 1. The number of nitrogens with one attached hydrogen (secondary N) is 1. The van der Waals surface area contributed by atoms with Crippen LogP contribution in [0.15, 0.2) is 18.2 Å². The van der Waals surface area contributed by atoms with E-state index in [1.165, 1.54) is 0 Å². The van der Waals surface area contributed by atoms with Crippen LogP contribution in [0.2, 0.25) is 0 Å². The molecule has 2 atom stereocenters. The molecule has 1 saturated carbocycles. The van der Waals surface area contributed by atoms with E-state index in [1.807, 2.05) is 0 Å². The summed E-state index contributed by atoms with van der Waals surface area (Å²) >= 11 is 0. The Labute approximate surface area is 106 Å². The van der Waals surface area contributed by atoms with Crippen LogP contribution in [-0.4, -0.2) is 25.2 Å². The standard InChI is InChI=1S/C13H19N3O2/c1-18-10-4-3-9(7-10)16-12-6-8(14)2-5-11(12)13(15)17/h2,5-6,9-10,16H,3-4,7,14H2,1H3,(H2,15,17). The van der Waals surface area contributed by atoms with Gasteiger partial charge in [-0.05, 0) is 37.5 Å². The summed E-state index contributed by atoms with van der Waals surface area (Å²) in [5.74, 6) is -0.446. The lowest BCUT2D eigenvalue weighted by molar-refractivity contribution is 0.100. The van der Waals surface area contributed by atoms with E-state index in [2.05, 4.69) is 5.32 Å². The molecule has 0 radical (unpaired) electrons. The number of rotatable bonds is 4. The minimum absolute atomic E-state index is 0.292. The van der Waals surface area contributed by atoms with Gasteiger partial charge in [-0.15, -0.1) is 0 Å². The van der Waals surface area contributed by atoms with Crippen molar-refractivity contribution in [1.82, 2.24) is 0 Å². The fourth-order valence-electron chi connectivity index (χ4n) is 2.40. The third-order valence-corrected chi connectivity index (χ3v) is 3.39. The SMILES string of the molecule is COC1CCC(Nc2cc(N)ccc2C(N)=O)C1. The number of carbonyl (C=O) groups excluding carboxylic acids is 1. The molecule has 1 aromatic rings. The summed E-state index contributed by atoms with van der Waals surface area (Å²) in [7, 11) is 1.72. The monoisotopic (exact) mass is 249 g/mol. The third-order valence-electron chi connectivity index (χ3n) is 3.39. The van der Waals surface area contributed by atoms with E-state index in [-0.39, 0.29) is 0 Å². The summed E-state index contributed by atoms with van der Waals surface area (Å²) < 4.78 is 5.32. The van der Waals surface area contributed by atoms with Crippen molar-refractivity contribution in [3.8, 4) is 0 Å². The Bertz CT molecular complexity index is 448. The molecule has 1 aliphatic rings. The van der Waals surface area contributed by atoms with Gasteiger partial charge in [0.2, 0.25) is 0 Å². The molecule has 0 aromatic heterocycles. The molecule has 98 valence electrons. The minimum atomic E-state index is -0.446. The Hall–Kier alpha value is -1.75. The van der Waals surface area contributed by atoms with E-state index >= 15 is 0 Å². The van der Waals surface area contributed by atoms with Gasteiger partial charge in [0.15, 0.2) is 0 Å². The lowest BCUT2D eigenvalue weighted by atomic mass is 10.1. The molecule has 1 fully saturated rings. The van der Waals surface area contributed by atoms with E-state index in [0.717, 1.165) is 19.3 Å². The lowest BCUT2D eigenvalue weighted by Gasteiger charge is -2.17. The van der Waals surface area contributed by atoms with E-state index in [4.69, 9.17) is 16.2 Å². The highest BCUT2D eigenvalue weighted by molar-refractivity contribution is 5.99. The van der Waals surface area contributed by atoms with Crippen molar-refractivity contribution in [1.29, 1.82) is 0 Å². The molecular formula is C13H19N3O2. The summed E-state index contributed by atoms with van der Waals surface area (Å²) in [5, 5.41) is 3.34. The Balaban J connectivity index is 2.13. The Kier molecular flexibility index (Phi) is 3.72. The second-order valence-electron chi connectivity index (χ2n) is 4.68. The molecule has 2 rings (SSSR count). The number of hydrogen-bond acceptors (Lipinski definition) is 4. The van der Waals surface area contributed by atoms with Gasteiger partial charge in [-0.25, -0.2) is 0 Å². The van der Waals surface area contributed by atoms with Crippen molar-refractivity contribution in [2.75, 3.05) is 18.2 Å². The maximum Gasteiger partial charge on any atom is 0.250 e. The highest BCUT2D eigenvalue weighted by Crippen LogP contribution is 2.27. The zero-order chi connectivity index (χ0) is 13.1. The third kappa shape index (κ3) is 2.73. The number of ether oxygens (including phenoxy) is 1. The van der Waals surface area contributed by atoms with Gasteiger partial charge >= 0.3 is 0 Å². The maximum atomic E-state index is 11.3. The molecule has 5 nitrogen and oxygen atoms in total. The molecule has 1 aliphatic carbocycles. The number of benzene rings is 1. The Morgan fingerprint density at radius 3 is 2.83 bits per heavy atom. The summed E-state index contributed by atoms with van der Waals surface area (Å²) in [6.45, 7) is 0. The van der Waals surface area contributed by atoms with E-state index in [0.29, 0.717) is 29.1 Å². The molecular weight excluding hydrogens is 230 g/mol. The van der Waals surface area contributed by atoms with Crippen molar-refractivity contribution < 1.29 is 9.53 Å². The fourth-order valence-corrected chi connectivity index (χ4v) is 2.40. The highest BCUT2D eigenvalue weighted by Gasteiger charge is 2.25. The van der Waals surface area contributed by atoms with Crippen LogP contribution in [0.4, 0.5) is 11.4 Å². The van der Waals surface area contributed by atoms with Crippen molar-refractivity contribution >= 4 is 17.3 Å². The molecule has 0 heterocycles. The lowest BCUT2D eigenvalue weighted by Crippen LogP contribution is -2.21. The van der Waals surface area contributed by atoms with Crippen molar-refractivity contribution in [3.63, 3.8) is 0 Å². The van der Waals surface area contributed by atoms with Gasteiger partial charge < -0.3 is 21.5 Å². The predicted molar refractivity (Wildman–Crippen MR) is 71.4 cm³/mol. The van der Waals surface area contributed by atoms with Gasteiger partial charge in [0.1, 0.15) is 0 Å². The van der Waals surface area contributed by atoms with Crippen LogP contribution in [0.25, 0.3) is 0 Å². The number of primary amides is 1. The molecule has 2 unspecified atom stereocenters. The quantitative estimate of drug-likeness (QED) is 0.702. The molecule has 1 aromatic carbocycles. The van der Waals surface area contributed by atoms with Crippen LogP contribution in [0.5, 0.6) is 0 Å². The van der Waals surface area contributed by atoms with Crippen LogP contribution in [-0.2, 0) is 4.74 Å². The molecule has 5 heteroatoms. The molecule has 5 N–H and O–H groups in total. The first-order chi connectivity index (χ1) is 8.60. The van der Waals surface area contributed by atoms with Gasteiger partial charge in [0, 0.05) is 24.5 Å². The first-order valence-corrected chi connectivity index (χ1v) is 6.09. The topological polar surface area (TPSA) is 90.4 Å². The van der Waals surface area contributed by atoms with E-state index in [9.17, 15) is 4.79 Å². The number of anilines is 2. The maximum absolute atomic E-state index is 11.3. The fraction of sp³-hybridized carbons (Fsp3) is 0.462. The van der Waals surface area contributed by atoms with Gasteiger partial charge in [-0.2, -0.15) is 0 Å². The minimum Gasteiger partial charge on any atom is -0.399 e. The molecule has 0 aliphatic heterocycles. The number of methoxy groups -OCH3 is 1. The predicted octanol–water partition coefficient (Wildman–Crippen LogP) is 1.35. The van der Waals surface area contributed by atoms with Crippen LogP contribution in [0, 0.1) is 0 Å². The number of carbonyl (C=O) groups is 1. The molecule has 0 saturated heterocycles. The highest BCUT2D eigenvalue weighted by atomic mass is 16.5. The molecule has 0 spiro atoms. The first-order valence-electron chi connectivity index (χ1n) is 6.09. The number of amides is 1. The van der Waals surface area contributed by atoms with E-state index < -0.39 is 5.91 Å². The summed E-state index contributed by atoms with van der Waals surface area (Å²) in [6, 6.07) is 5.38. The van der Waals surface area contributed by atoms with Gasteiger partial charge in [0.05, 0.1) is 11.7 Å². The van der Waals surface area contributed by atoms with Gasteiger partial charge in [0.25, 0.3) is 5.91 Å². The molecule has 18 heavy (non-hydrogen) atoms. The normalized spacial score (nSPS) is 22.9. The van der Waals surface area contributed by atoms with Gasteiger partial charge in [-0.3, -0.25) is 4.79 Å². The van der Waals surface area contributed by atoms with Crippen LogP contribution >= 0.6 is 0 Å². The second-order valence-corrected chi connectivity index (χ2v) is 4.68. The van der Waals surface area contributed by atoms with Crippen LogP contribution < -0.4 is 16.8 Å². The average Bonchev–Trinajstić information content (AvgIpc) is 2.76. The average molecular weight is 249 g/mol. The van der Waals surface area contributed by atoms with Crippen molar-refractivity contribution in [3.05, 3.63) is 23.8 Å². The van der Waals surface area contributed by atoms with Crippen LogP contribution in [0.3, 0.4) is 0 Å². The van der Waals surface area contributed by atoms with Gasteiger partial charge in [-0.1, -0.05) is 0 Å². The Morgan fingerprint density at radius 1 is 1.44 bits per heavy atom. The largest absolute Gasteiger partial charge is 0.399 e. The Morgan fingerprint density at radius 2 is 2.22 bits per heavy atom.